The monoisotopic (exact) mass is 459 g/mol. The average Bonchev–Trinajstić information content (AvgIpc) is 3.21. The quantitative estimate of drug-likeness (QED) is 0.403. The zero-order valence-corrected chi connectivity index (χ0v) is 18.7. The van der Waals surface area contributed by atoms with Crippen LogP contribution in [0.25, 0.3) is 0 Å². The maximum atomic E-state index is 13.1. The highest BCUT2D eigenvalue weighted by Crippen LogP contribution is 2.29. The van der Waals surface area contributed by atoms with E-state index >= 15 is 0 Å². The van der Waals surface area contributed by atoms with Crippen LogP contribution < -0.4 is 5.32 Å². The predicted octanol–water partition coefficient (Wildman–Crippen LogP) is 5.93. The van der Waals surface area contributed by atoms with Crippen LogP contribution in [0.3, 0.4) is 0 Å². The van der Waals surface area contributed by atoms with Gasteiger partial charge in [-0.3, -0.25) is 0 Å². The molecule has 0 fully saturated rings. The SMILES string of the molecule is COCCCN(Cc1cccn1Cc1cccc(C(F)(F)F)c1)C(=O)Nc1ccccc1C. The summed E-state index contributed by atoms with van der Waals surface area (Å²) in [6.45, 7) is 3.50. The van der Waals surface area contributed by atoms with Crippen molar-refractivity contribution in [3.05, 3.63) is 89.2 Å². The number of carbonyl (C=O) groups is 1. The molecule has 1 N–H and O–H groups in total. The third kappa shape index (κ3) is 6.86. The van der Waals surface area contributed by atoms with Crippen molar-refractivity contribution in [2.24, 2.45) is 0 Å². The molecule has 3 aromatic rings. The van der Waals surface area contributed by atoms with Gasteiger partial charge in [0, 0.05) is 44.4 Å². The third-order valence-corrected chi connectivity index (χ3v) is 5.33. The molecular formula is C25H28F3N3O2. The van der Waals surface area contributed by atoms with Crippen LogP contribution in [0.15, 0.2) is 66.9 Å². The van der Waals surface area contributed by atoms with Gasteiger partial charge in [-0.25, -0.2) is 4.79 Å². The molecule has 176 valence electrons. The maximum absolute atomic E-state index is 13.1. The van der Waals surface area contributed by atoms with Crippen LogP contribution >= 0.6 is 0 Å². The lowest BCUT2D eigenvalue weighted by molar-refractivity contribution is -0.137. The first-order valence-corrected chi connectivity index (χ1v) is 10.7. The molecule has 0 saturated carbocycles. The Balaban J connectivity index is 1.76. The predicted molar refractivity (Wildman–Crippen MR) is 122 cm³/mol. The van der Waals surface area contributed by atoms with Gasteiger partial charge in [0.05, 0.1) is 12.1 Å². The molecule has 0 atom stereocenters. The third-order valence-electron chi connectivity index (χ3n) is 5.33. The Morgan fingerprint density at radius 1 is 1.09 bits per heavy atom. The smallest absolute Gasteiger partial charge is 0.385 e. The lowest BCUT2D eigenvalue weighted by Gasteiger charge is -2.24. The van der Waals surface area contributed by atoms with Crippen LogP contribution in [0, 0.1) is 6.92 Å². The molecule has 0 saturated heterocycles. The number of nitrogens with zero attached hydrogens (tertiary/aromatic N) is 2. The summed E-state index contributed by atoms with van der Waals surface area (Å²) in [5.41, 5.74) is 2.38. The standard InChI is InChI=1S/C25H28F3N3O2/c1-19-8-3-4-12-23(19)29-24(32)31(14-7-15-33-2)18-22-11-6-13-30(22)17-20-9-5-10-21(16-20)25(26,27)28/h3-6,8-13,16H,7,14-15,17-18H2,1-2H3,(H,29,32). The lowest BCUT2D eigenvalue weighted by Crippen LogP contribution is -2.36. The van der Waals surface area contributed by atoms with E-state index in [1.807, 2.05) is 54.1 Å². The zero-order valence-electron chi connectivity index (χ0n) is 18.7. The molecule has 2 amide bonds. The van der Waals surface area contributed by atoms with Crippen molar-refractivity contribution in [3.8, 4) is 0 Å². The van der Waals surface area contributed by atoms with E-state index in [1.54, 1.807) is 18.1 Å². The number of halogens is 3. The van der Waals surface area contributed by atoms with Crippen molar-refractivity contribution >= 4 is 11.7 Å². The Bertz CT molecular complexity index is 1060. The Labute approximate surface area is 191 Å². The Morgan fingerprint density at radius 2 is 1.88 bits per heavy atom. The fourth-order valence-electron chi connectivity index (χ4n) is 3.55. The van der Waals surface area contributed by atoms with Crippen LogP contribution in [-0.2, 0) is 24.0 Å². The van der Waals surface area contributed by atoms with Gasteiger partial charge in [-0.05, 0) is 54.8 Å². The number of carbonyl (C=O) groups excluding carboxylic acids is 1. The number of aromatic nitrogens is 1. The number of urea groups is 1. The number of alkyl halides is 3. The van der Waals surface area contributed by atoms with Gasteiger partial charge in [0.1, 0.15) is 0 Å². The molecule has 2 aromatic carbocycles. The highest BCUT2D eigenvalue weighted by atomic mass is 19.4. The number of amides is 2. The number of aryl methyl sites for hydroxylation is 1. The minimum atomic E-state index is -4.39. The second kappa shape index (κ2) is 11.0. The van der Waals surface area contributed by atoms with Gasteiger partial charge in [0.2, 0.25) is 0 Å². The van der Waals surface area contributed by atoms with Crippen molar-refractivity contribution in [3.63, 3.8) is 0 Å². The maximum Gasteiger partial charge on any atom is 0.416 e. The van der Waals surface area contributed by atoms with Gasteiger partial charge in [0.15, 0.2) is 0 Å². The van der Waals surface area contributed by atoms with E-state index in [2.05, 4.69) is 5.32 Å². The summed E-state index contributed by atoms with van der Waals surface area (Å²) >= 11 is 0. The molecule has 5 nitrogen and oxygen atoms in total. The number of ether oxygens (including phenoxy) is 1. The summed E-state index contributed by atoms with van der Waals surface area (Å²) in [6.07, 6.45) is -1.92. The van der Waals surface area contributed by atoms with Crippen LogP contribution in [0.4, 0.5) is 23.7 Å². The van der Waals surface area contributed by atoms with E-state index in [0.717, 1.165) is 29.1 Å². The van der Waals surface area contributed by atoms with Crippen molar-refractivity contribution in [2.45, 2.75) is 32.6 Å². The van der Waals surface area contributed by atoms with Gasteiger partial charge in [-0.1, -0.05) is 30.3 Å². The summed E-state index contributed by atoms with van der Waals surface area (Å²) in [5, 5.41) is 2.95. The average molecular weight is 460 g/mol. The number of benzene rings is 2. The van der Waals surface area contributed by atoms with Gasteiger partial charge in [0.25, 0.3) is 0 Å². The molecule has 3 rings (SSSR count). The zero-order chi connectivity index (χ0) is 23.8. The Hall–Kier alpha value is -3.26. The molecule has 0 aliphatic heterocycles. The molecule has 33 heavy (non-hydrogen) atoms. The van der Waals surface area contributed by atoms with E-state index in [9.17, 15) is 18.0 Å². The fraction of sp³-hybridized carbons (Fsp3) is 0.320. The van der Waals surface area contributed by atoms with Gasteiger partial charge < -0.3 is 19.5 Å². The van der Waals surface area contributed by atoms with E-state index in [1.165, 1.54) is 6.07 Å². The van der Waals surface area contributed by atoms with E-state index in [-0.39, 0.29) is 12.6 Å². The molecule has 0 aliphatic rings. The molecular weight excluding hydrogens is 431 g/mol. The first-order valence-electron chi connectivity index (χ1n) is 10.7. The first kappa shape index (κ1) is 24.4. The Morgan fingerprint density at radius 3 is 2.61 bits per heavy atom. The number of anilines is 1. The topological polar surface area (TPSA) is 46.5 Å². The largest absolute Gasteiger partial charge is 0.416 e. The number of methoxy groups -OCH3 is 1. The molecule has 1 aromatic heterocycles. The van der Waals surface area contributed by atoms with Gasteiger partial charge >= 0.3 is 12.2 Å². The molecule has 0 radical (unpaired) electrons. The number of hydrogen-bond donors (Lipinski definition) is 1. The molecule has 1 heterocycles. The molecule has 0 unspecified atom stereocenters. The molecule has 8 heteroatoms. The highest BCUT2D eigenvalue weighted by molar-refractivity contribution is 5.90. The number of nitrogens with one attached hydrogen (secondary N) is 1. The Kier molecular flexibility index (Phi) is 8.16. The van der Waals surface area contributed by atoms with Crippen molar-refractivity contribution in [1.29, 1.82) is 0 Å². The minimum Gasteiger partial charge on any atom is -0.385 e. The van der Waals surface area contributed by atoms with Crippen molar-refractivity contribution < 1.29 is 22.7 Å². The number of hydrogen-bond acceptors (Lipinski definition) is 2. The summed E-state index contributed by atoms with van der Waals surface area (Å²) < 4.78 is 46.2. The van der Waals surface area contributed by atoms with E-state index in [0.29, 0.717) is 31.7 Å². The number of rotatable bonds is 9. The van der Waals surface area contributed by atoms with Crippen molar-refractivity contribution in [1.82, 2.24) is 9.47 Å². The van der Waals surface area contributed by atoms with Gasteiger partial charge in [-0.2, -0.15) is 13.2 Å². The van der Waals surface area contributed by atoms with Crippen molar-refractivity contribution in [2.75, 3.05) is 25.6 Å². The van der Waals surface area contributed by atoms with E-state index in [4.69, 9.17) is 4.74 Å². The van der Waals surface area contributed by atoms with Crippen LogP contribution in [-0.4, -0.2) is 35.8 Å². The van der Waals surface area contributed by atoms with Crippen LogP contribution in [0.5, 0.6) is 0 Å². The molecule has 0 bridgehead atoms. The van der Waals surface area contributed by atoms with Crippen LogP contribution in [0.2, 0.25) is 0 Å². The van der Waals surface area contributed by atoms with Crippen LogP contribution in [0.1, 0.15) is 28.8 Å². The first-order chi connectivity index (χ1) is 15.8. The minimum absolute atomic E-state index is 0.243. The normalized spacial score (nSPS) is 11.4. The van der Waals surface area contributed by atoms with E-state index < -0.39 is 11.7 Å². The summed E-state index contributed by atoms with van der Waals surface area (Å²) in [6, 6.07) is 16.3. The lowest BCUT2D eigenvalue weighted by atomic mass is 10.1. The second-order valence-corrected chi connectivity index (χ2v) is 7.84. The second-order valence-electron chi connectivity index (χ2n) is 7.84. The highest BCUT2D eigenvalue weighted by Gasteiger charge is 2.30. The molecule has 0 spiro atoms. The summed E-state index contributed by atoms with van der Waals surface area (Å²) in [7, 11) is 1.61. The van der Waals surface area contributed by atoms with Gasteiger partial charge in [-0.15, -0.1) is 0 Å². The summed E-state index contributed by atoms with van der Waals surface area (Å²) in [4.78, 5) is 14.7. The summed E-state index contributed by atoms with van der Waals surface area (Å²) in [5.74, 6) is 0. The molecule has 0 aliphatic carbocycles. The fourth-order valence-corrected chi connectivity index (χ4v) is 3.55. The number of para-hydroxylation sites is 1.